The Balaban J connectivity index is 2.86. The molecule has 0 radical (unpaired) electrons. The van der Waals surface area contributed by atoms with E-state index >= 15 is 0 Å². The average Bonchev–Trinajstić information content (AvgIpc) is 2.48. The number of hydrogen-bond donors (Lipinski definition) is 0. The molecule has 0 atom stereocenters. The van der Waals surface area contributed by atoms with E-state index in [4.69, 9.17) is 11.6 Å². The van der Waals surface area contributed by atoms with Gasteiger partial charge in [0, 0.05) is 16.1 Å². The topological polar surface area (TPSA) is 43.1 Å². The maximum Gasteiger partial charge on any atom is 0.288 e. The SMILES string of the molecule is O=[N+]([O-])c1ccc2scc(F)c2c1Cl. The fourth-order valence-corrected chi connectivity index (χ4v) is 2.38. The molecule has 0 unspecified atom stereocenters. The van der Waals surface area contributed by atoms with Crippen molar-refractivity contribution in [2.45, 2.75) is 0 Å². The zero-order valence-electron chi connectivity index (χ0n) is 6.66. The first-order valence-corrected chi connectivity index (χ1v) is 4.86. The highest BCUT2D eigenvalue weighted by Gasteiger charge is 2.18. The van der Waals surface area contributed by atoms with Gasteiger partial charge in [-0.25, -0.2) is 4.39 Å². The molecule has 1 heterocycles. The van der Waals surface area contributed by atoms with Crippen LogP contribution in [0.2, 0.25) is 5.02 Å². The van der Waals surface area contributed by atoms with E-state index in [0.29, 0.717) is 4.70 Å². The van der Waals surface area contributed by atoms with Crippen LogP contribution in [0.3, 0.4) is 0 Å². The number of halogens is 2. The second-order valence-corrected chi connectivity index (χ2v) is 3.90. The first-order chi connectivity index (χ1) is 6.61. The van der Waals surface area contributed by atoms with Crippen molar-refractivity contribution in [1.29, 1.82) is 0 Å². The normalized spacial score (nSPS) is 10.7. The minimum Gasteiger partial charge on any atom is -0.258 e. The molecular weight excluding hydrogens is 229 g/mol. The molecule has 0 aliphatic heterocycles. The third-order valence-electron chi connectivity index (χ3n) is 1.81. The molecule has 0 saturated heterocycles. The van der Waals surface area contributed by atoms with Gasteiger partial charge in [0.15, 0.2) is 0 Å². The molecular formula is C8H3ClFNO2S. The van der Waals surface area contributed by atoms with Crippen LogP contribution in [-0.2, 0) is 0 Å². The Bertz CT molecular complexity index is 525. The van der Waals surface area contributed by atoms with Crippen molar-refractivity contribution >= 4 is 38.7 Å². The van der Waals surface area contributed by atoms with Crippen LogP contribution in [0.1, 0.15) is 0 Å². The fraction of sp³-hybridized carbons (Fsp3) is 0. The highest BCUT2D eigenvalue weighted by molar-refractivity contribution is 7.17. The van der Waals surface area contributed by atoms with Crippen LogP contribution in [0.25, 0.3) is 10.1 Å². The molecule has 0 amide bonds. The Morgan fingerprint density at radius 1 is 1.50 bits per heavy atom. The summed E-state index contributed by atoms with van der Waals surface area (Å²) in [5, 5.41) is 11.8. The van der Waals surface area contributed by atoms with Gasteiger partial charge >= 0.3 is 0 Å². The van der Waals surface area contributed by atoms with Gasteiger partial charge in [-0.05, 0) is 6.07 Å². The van der Waals surface area contributed by atoms with Gasteiger partial charge in [-0.2, -0.15) is 0 Å². The number of rotatable bonds is 1. The highest BCUT2D eigenvalue weighted by atomic mass is 35.5. The largest absolute Gasteiger partial charge is 0.288 e. The summed E-state index contributed by atoms with van der Waals surface area (Å²) in [6, 6.07) is 2.77. The van der Waals surface area contributed by atoms with Gasteiger partial charge in [0.25, 0.3) is 5.69 Å². The minimum absolute atomic E-state index is 0.130. The van der Waals surface area contributed by atoms with E-state index in [-0.39, 0.29) is 16.1 Å². The molecule has 72 valence electrons. The Labute approximate surface area is 86.9 Å². The molecule has 0 saturated carbocycles. The maximum absolute atomic E-state index is 13.2. The lowest BCUT2D eigenvalue weighted by Gasteiger charge is -1.96. The van der Waals surface area contributed by atoms with Crippen molar-refractivity contribution in [2.75, 3.05) is 0 Å². The van der Waals surface area contributed by atoms with Gasteiger partial charge in [-0.3, -0.25) is 10.1 Å². The summed E-state index contributed by atoms with van der Waals surface area (Å²) in [6.45, 7) is 0. The number of hydrogen-bond acceptors (Lipinski definition) is 3. The number of thiophene rings is 1. The molecule has 2 aromatic rings. The number of nitro groups is 1. The average molecular weight is 232 g/mol. The van der Waals surface area contributed by atoms with E-state index in [1.807, 2.05) is 0 Å². The van der Waals surface area contributed by atoms with Crippen molar-refractivity contribution in [3.05, 3.63) is 38.5 Å². The van der Waals surface area contributed by atoms with E-state index < -0.39 is 10.7 Å². The molecule has 0 N–H and O–H groups in total. The number of nitrogens with zero attached hydrogens (tertiary/aromatic N) is 1. The van der Waals surface area contributed by atoms with Gasteiger partial charge < -0.3 is 0 Å². The predicted octanol–water partition coefficient (Wildman–Crippen LogP) is 3.60. The first-order valence-electron chi connectivity index (χ1n) is 3.61. The smallest absolute Gasteiger partial charge is 0.258 e. The highest BCUT2D eigenvalue weighted by Crippen LogP contribution is 2.36. The molecule has 3 nitrogen and oxygen atoms in total. The van der Waals surface area contributed by atoms with E-state index in [1.54, 1.807) is 0 Å². The van der Waals surface area contributed by atoms with Crippen LogP contribution in [-0.4, -0.2) is 4.92 Å². The molecule has 0 spiro atoms. The summed E-state index contributed by atoms with van der Waals surface area (Å²) >= 11 is 6.87. The molecule has 14 heavy (non-hydrogen) atoms. The Kier molecular flexibility index (Phi) is 2.13. The van der Waals surface area contributed by atoms with Crippen molar-refractivity contribution < 1.29 is 9.31 Å². The summed E-state index contributed by atoms with van der Waals surface area (Å²) in [5.74, 6) is -0.515. The van der Waals surface area contributed by atoms with Crippen molar-refractivity contribution in [3.8, 4) is 0 Å². The van der Waals surface area contributed by atoms with E-state index in [1.165, 1.54) is 28.8 Å². The van der Waals surface area contributed by atoms with Crippen molar-refractivity contribution in [1.82, 2.24) is 0 Å². The third-order valence-corrected chi connectivity index (χ3v) is 3.11. The zero-order valence-corrected chi connectivity index (χ0v) is 8.23. The second kappa shape index (κ2) is 3.18. The van der Waals surface area contributed by atoms with Crippen LogP contribution in [0.5, 0.6) is 0 Å². The van der Waals surface area contributed by atoms with Gasteiger partial charge in [-0.1, -0.05) is 11.6 Å². The molecule has 1 aromatic carbocycles. The Morgan fingerprint density at radius 3 is 2.86 bits per heavy atom. The van der Waals surface area contributed by atoms with Crippen LogP contribution >= 0.6 is 22.9 Å². The lowest BCUT2D eigenvalue weighted by molar-refractivity contribution is -0.384. The predicted molar refractivity (Wildman–Crippen MR) is 53.4 cm³/mol. The summed E-state index contributed by atoms with van der Waals surface area (Å²) in [7, 11) is 0. The van der Waals surface area contributed by atoms with Crippen LogP contribution in [0, 0.1) is 15.9 Å². The number of fused-ring (bicyclic) bond motifs is 1. The summed E-state index contributed by atoms with van der Waals surface area (Å²) in [5.41, 5.74) is -0.267. The summed E-state index contributed by atoms with van der Waals surface area (Å²) in [4.78, 5) is 9.87. The first kappa shape index (κ1) is 9.36. The standard InChI is InChI=1S/C8H3ClFNO2S/c9-8-5(11(12)13)1-2-6-7(8)4(10)3-14-6/h1-3H. The van der Waals surface area contributed by atoms with Crippen molar-refractivity contribution in [3.63, 3.8) is 0 Å². The quantitative estimate of drug-likeness (QED) is 0.556. The maximum atomic E-state index is 13.2. The van der Waals surface area contributed by atoms with E-state index in [9.17, 15) is 14.5 Å². The van der Waals surface area contributed by atoms with E-state index in [2.05, 4.69) is 0 Å². The van der Waals surface area contributed by atoms with Crippen LogP contribution in [0.15, 0.2) is 17.5 Å². The number of benzene rings is 1. The Hall–Kier alpha value is -1.20. The Morgan fingerprint density at radius 2 is 2.21 bits per heavy atom. The monoisotopic (exact) mass is 231 g/mol. The minimum atomic E-state index is -0.626. The van der Waals surface area contributed by atoms with Gasteiger partial charge in [0.05, 0.1) is 10.3 Å². The molecule has 0 aliphatic rings. The van der Waals surface area contributed by atoms with Gasteiger partial charge in [0.1, 0.15) is 10.8 Å². The molecule has 6 heteroatoms. The summed E-state index contributed by atoms with van der Waals surface area (Å²) < 4.78 is 13.8. The lowest BCUT2D eigenvalue weighted by atomic mass is 10.2. The fourth-order valence-electron chi connectivity index (χ4n) is 1.18. The molecule has 1 aromatic heterocycles. The molecule has 2 rings (SSSR count). The zero-order chi connectivity index (χ0) is 10.3. The van der Waals surface area contributed by atoms with E-state index in [0.717, 1.165) is 0 Å². The molecule has 0 aliphatic carbocycles. The van der Waals surface area contributed by atoms with Crippen LogP contribution in [0.4, 0.5) is 10.1 Å². The van der Waals surface area contributed by atoms with Crippen molar-refractivity contribution in [2.24, 2.45) is 0 Å². The lowest BCUT2D eigenvalue weighted by Crippen LogP contribution is -1.89. The van der Waals surface area contributed by atoms with Crippen LogP contribution < -0.4 is 0 Å². The van der Waals surface area contributed by atoms with Gasteiger partial charge in [-0.15, -0.1) is 11.3 Å². The molecule has 0 bridgehead atoms. The third kappa shape index (κ3) is 1.25. The second-order valence-electron chi connectivity index (χ2n) is 2.61. The number of nitro benzene ring substituents is 1. The van der Waals surface area contributed by atoms with Gasteiger partial charge in [0.2, 0.25) is 0 Å². The molecule has 0 fully saturated rings. The summed E-state index contributed by atoms with van der Waals surface area (Å²) in [6.07, 6.45) is 0.